The van der Waals surface area contributed by atoms with Crippen molar-refractivity contribution in [3.63, 3.8) is 0 Å². The van der Waals surface area contributed by atoms with E-state index in [1.165, 1.54) is 0 Å². The van der Waals surface area contributed by atoms with Crippen LogP contribution in [0.25, 0.3) is 0 Å². The van der Waals surface area contributed by atoms with Gasteiger partial charge in [-0.25, -0.2) is 0 Å². The molecule has 0 rings (SSSR count). The van der Waals surface area contributed by atoms with Gasteiger partial charge in [0.1, 0.15) is 0 Å². The number of aliphatic hydroxyl groups is 1. The Hall–Kier alpha value is -0.610. The second-order valence-electron chi connectivity index (χ2n) is 3.70. The van der Waals surface area contributed by atoms with Gasteiger partial charge in [0.25, 0.3) is 0 Å². The molecular weight excluding hydrogens is 168 g/mol. The third-order valence-corrected chi connectivity index (χ3v) is 2.04. The van der Waals surface area contributed by atoms with Crippen molar-refractivity contribution in [2.75, 3.05) is 6.61 Å². The van der Waals surface area contributed by atoms with Gasteiger partial charge in [-0.15, -0.1) is 0 Å². The van der Waals surface area contributed by atoms with Crippen LogP contribution in [0, 0.1) is 5.92 Å². The predicted molar refractivity (Wildman–Crippen MR) is 52.1 cm³/mol. The first kappa shape index (κ1) is 12.4. The first-order valence-corrected chi connectivity index (χ1v) is 4.63. The molecule has 0 saturated heterocycles. The molecule has 3 atom stereocenters. The average molecular weight is 188 g/mol. The van der Waals surface area contributed by atoms with Crippen LogP contribution in [-0.4, -0.2) is 29.7 Å². The molecule has 0 aliphatic rings. The maximum absolute atomic E-state index is 11.2. The summed E-state index contributed by atoms with van der Waals surface area (Å²) in [7, 11) is 0. The maximum atomic E-state index is 11.2. The Balaban J connectivity index is 3.77. The molecule has 0 aromatic carbocycles. The summed E-state index contributed by atoms with van der Waals surface area (Å²) in [4.78, 5) is 11.2. The molecule has 0 aliphatic carbocycles. The normalized spacial score (nSPS) is 17.6. The van der Waals surface area contributed by atoms with Gasteiger partial charge < -0.3 is 16.2 Å². The Morgan fingerprint density at radius 1 is 1.46 bits per heavy atom. The van der Waals surface area contributed by atoms with E-state index in [1.807, 2.05) is 13.8 Å². The molecule has 0 bridgehead atoms. The van der Waals surface area contributed by atoms with Crippen LogP contribution in [0.1, 0.15) is 27.2 Å². The van der Waals surface area contributed by atoms with Crippen molar-refractivity contribution in [2.24, 2.45) is 11.7 Å². The molecule has 0 radical (unpaired) electrons. The molecule has 78 valence electrons. The molecule has 0 aliphatic heterocycles. The molecule has 3 unspecified atom stereocenters. The summed E-state index contributed by atoms with van der Waals surface area (Å²) < 4.78 is 0. The van der Waals surface area contributed by atoms with Crippen LogP contribution in [-0.2, 0) is 4.79 Å². The fourth-order valence-electron chi connectivity index (χ4n) is 0.906. The summed E-state index contributed by atoms with van der Waals surface area (Å²) in [6.07, 6.45) is 0.336. The first-order chi connectivity index (χ1) is 5.97. The number of carbonyl (C=O) groups is 1. The Labute approximate surface area is 79.5 Å². The van der Waals surface area contributed by atoms with Gasteiger partial charge in [0, 0.05) is 25.1 Å². The summed E-state index contributed by atoms with van der Waals surface area (Å²) in [5.74, 6) is 0.0276. The van der Waals surface area contributed by atoms with E-state index in [4.69, 9.17) is 10.8 Å². The van der Waals surface area contributed by atoms with E-state index in [1.54, 1.807) is 6.92 Å². The number of nitrogens with one attached hydrogen (secondary N) is 1. The third-order valence-electron chi connectivity index (χ3n) is 2.04. The van der Waals surface area contributed by atoms with Crippen LogP contribution in [0.3, 0.4) is 0 Å². The van der Waals surface area contributed by atoms with E-state index in [0.717, 1.165) is 0 Å². The number of carbonyl (C=O) groups excluding carboxylic acids is 1. The highest BCUT2D eigenvalue weighted by Gasteiger charge is 2.14. The van der Waals surface area contributed by atoms with Crippen LogP contribution < -0.4 is 11.1 Å². The van der Waals surface area contributed by atoms with E-state index in [0.29, 0.717) is 6.42 Å². The second kappa shape index (κ2) is 5.94. The Kier molecular flexibility index (Phi) is 5.66. The lowest BCUT2D eigenvalue weighted by atomic mass is 10.0. The van der Waals surface area contributed by atoms with Crippen LogP contribution in [0.2, 0.25) is 0 Å². The zero-order valence-corrected chi connectivity index (χ0v) is 8.58. The van der Waals surface area contributed by atoms with Crippen LogP contribution in [0.15, 0.2) is 0 Å². The monoisotopic (exact) mass is 188 g/mol. The quantitative estimate of drug-likeness (QED) is 0.562. The molecule has 1 amide bonds. The van der Waals surface area contributed by atoms with Crippen LogP contribution in [0.5, 0.6) is 0 Å². The molecule has 0 fully saturated rings. The van der Waals surface area contributed by atoms with Crippen LogP contribution in [0.4, 0.5) is 0 Å². The maximum Gasteiger partial charge on any atom is 0.221 e. The molecule has 4 heteroatoms. The zero-order valence-electron chi connectivity index (χ0n) is 8.58. The lowest BCUT2D eigenvalue weighted by molar-refractivity contribution is -0.122. The van der Waals surface area contributed by atoms with Gasteiger partial charge in [0.15, 0.2) is 0 Å². The van der Waals surface area contributed by atoms with Crippen molar-refractivity contribution in [2.45, 2.75) is 39.3 Å². The molecule has 0 saturated carbocycles. The third kappa shape index (κ3) is 5.60. The SMILES string of the molecule is CC(N)CC(=O)NC(C)C(C)CO. The summed E-state index contributed by atoms with van der Waals surface area (Å²) >= 11 is 0. The van der Waals surface area contributed by atoms with Crippen molar-refractivity contribution >= 4 is 5.91 Å². The van der Waals surface area contributed by atoms with E-state index in [2.05, 4.69) is 5.32 Å². The molecule has 0 spiro atoms. The van der Waals surface area contributed by atoms with Crippen molar-refractivity contribution in [3.8, 4) is 0 Å². The van der Waals surface area contributed by atoms with Crippen molar-refractivity contribution in [3.05, 3.63) is 0 Å². The summed E-state index contributed by atoms with van der Waals surface area (Å²) in [6.45, 7) is 5.64. The zero-order chi connectivity index (χ0) is 10.4. The predicted octanol–water partition coefficient (Wildman–Crippen LogP) is -0.143. The van der Waals surface area contributed by atoms with Crippen LogP contribution >= 0.6 is 0 Å². The molecule has 0 aromatic rings. The van der Waals surface area contributed by atoms with Gasteiger partial charge in [-0.05, 0) is 19.8 Å². The second-order valence-corrected chi connectivity index (χ2v) is 3.70. The minimum Gasteiger partial charge on any atom is -0.396 e. The summed E-state index contributed by atoms with van der Waals surface area (Å²) in [6, 6.07) is -0.118. The van der Waals surface area contributed by atoms with Crippen molar-refractivity contribution in [1.82, 2.24) is 5.32 Å². The number of nitrogens with two attached hydrogens (primary N) is 1. The number of hydrogen-bond donors (Lipinski definition) is 3. The molecule has 4 N–H and O–H groups in total. The Bertz CT molecular complexity index is 160. The van der Waals surface area contributed by atoms with E-state index in [-0.39, 0.29) is 30.5 Å². The Morgan fingerprint density at radius 3 is 2.38 bits per heavy atom. The summed E-state index contributed by atoms with van der Waals surface area (Å²) in [5, 5.41) is 11.6. The summed E-state index contributed by atoms with van der Waals surface area (Å²) in [5.41, 5.74) is 5.47. The molecule has 13 heavy (non-hydrogen) atoms. The van der Waals surface area contributed by atoms with E-state index in [9.17, 15) is 4.79 Å². The van der Waals surface area contributed by atoms with Gasteiger partial charge in [0.2, 0.25) is 5.91 Å². The van der Waals surface area contributed by atoms with Crippen molar-refractivity contribution in [1.29, 1.82) is 0 Å². The average Bonchev–Trinajstić information content (AvgIpc) is 2.01. The highest BCUT2D eigenvalue weighted by molar-refractivity contribution is 5.76. The minimum atomic E-state index is -0.114. The number of amides is 1. The van der Waals surface area contributed by atoms with Crippen molar-refractivity contribution < 1.29 is 9.90 Å². The topological polar surface area (TPSA) is 75.4 Å². The highest BCUT2D eigenvalue weighted by atomic mass is 16.3. The molecular formula is C9H20N2O2. The van der Waals surface area contributed by atoms with Gasteiger partial charge in [-0.2, -0.15) is 0 Å². The molecule has 4 nitrogen and oxygen atoms in total. The van der Waals surface area contributed by atoms with Gasteiger partial charge in [-0.3, -0.25) is 4.79 Å². The molecule has 0 aromatic heterocycles. The lowest BCUT2D eigenvalue weighted by Gasteiger charge is -2.19. The number of aliphatic hydroxyl groups excluding tert-OH is 1. The number of rotatable bonds is 5. The van der Waals surface area contributed by atoms with Gasteiger partial charge in [0.05, 0.1) is 0 Å². The van der Waals surface area contributed by atoms with Gasteiger partial charge in [-0.1, -0.05) is 6.92 Å². The lowest BCUT2D eigenvalue weighted by Crippen LogP contribution is -2.40. The van der Waals surface area contributed by atoms with Gasteiger partial charge >= 0.3 is 0 Å². The fourth-order valence-corrected chi connectivity index (χ4v) is 0.906. The highest BCUT2D eigenvalue weighted by Crippen LogP contribution is 2.01. The van der Waals surface area contributed by atoms with E-state index < -0.39 is 0 Å². The van der Waals surface area contributed by atoms with E-state index >= 15 is 0 Å². The Morgan fingerprint density at radius 2 is 2.00 bits per heavy atom. The standard InChI is InChI=1S/C9H20N2O2/c1-6(5-12)8(3)11-9(13)4-7(2)10/h6-8,12H,4-5,10H2,1-3H3,(H,11,13). The number of hydrogen-bond acceptors (Lipinski definition) is 3. The smallest absolute Gasteiger partial charge is 0.221 e. The largest absolute Gasteiger partial charge is 0.396 e. The minimum absolute atomic E-state index is 0.00347. The molecule has 0 heterocycles. The first-order valence-electron chi connectivity index (χ1n) is 4.63. The fraction of sp³-hybridized carbons (Fsp3) is 0.889.